The molecule has 1 rings (SSSR count). The van der Waals surface area contributed by atoms with Gasteiger partial charge in [-0.05, 0) is 24.7 Å². The van der Waals surface area contributed by atoms with E-state index in [-0.39, 0.29) is 30.0 Å². The minimum absolute atomic E-state index is 0.00697. The van der Waals surface area contributed by atoms with Gasteiger partial charge in [-0.1, -0.05) is 20.8 Å². The molecule has 0 heterocycles. The normalized spacial score (nSPS) is 17.4. The van der Waals surface area contributed by atoms with E-state index in [1.54, 1.807) is 0 Å². The molecule has 1 aliphatic rings. The van der Waals surface area contributed by atoms with Gasteiger partial charge in [0.25, 0.3) is 0 Å². The fraction of sp³-hybridized carbons (Fsp3) is 0.833. The standard InChI is InChI=1S/C12H22N2O3/c1-12(2,3)7-9(6-10(15)16)14-11(17)13-8-4-5-8/h8-9H,4-7H2,1-3H3,(H,15,16)(H2,13,14,17). The number of nitrogens with one attached hydrogen (secondary N) is 2. The highest BCUT2D eigenvalue weighted by Crippen LogP contribution is 2.22. The number of hydrogen-bond donors (Lipinski definition) is 3. The first-order valence-electron chi connectivity index (χ1n) is 6.05. The number of carbonyl (C=O) groups is 2. The third-order valence-corrected chi connectivity index (χ3v) is 2.53. The quantitative estimate of drug-likeness (QED) is 0.687. The molecule has 0 spiro atoms. The fourth-order valence-corrected chi connectivity index (χ4v) is 1.76. The Balaban J connectivity index is 2.43. The number of aliphatic carboxylic acids is 1. The first-order valence-corrected chi connectivity index (χ1v) is 6.05. The van der Waals surface area contributed by atoms with Gasteiger partial charge >= 0.3 is 12.0 Å². The van der Waals surface area contributed by atoms with E-state index in [0.717, 1.165) is 12.8 Å². The van der Waals surface area contributed by atoms with Crippen LogP contribution in [-0.4, -0.2) is 29.2 Å². The van der Waals surface area contributed by atoms with Gasteiger partial charge in [0.1, 0.15) is 0 Å². The van der Waals surface area contributed by atoms with Crippen LogP contribution in [0.15, 0.2) is 0 Å². The Bertz CT molecular complexity index is 293. The molecule has 98 valence electrons. The molecule has 1 saturated carbocycles. The van der Waals surface area contributed by atoms with Crippen LogP contribution in [0.1, 0.15) is 46.5 Å². The van der Waals surface area contributed by atoms with Crippen LogP contribution >= 0.6 is 0 Å². The van der Waals surface area contributed by atoms with Gasteiger partial charge in [0.15, 0.2) is 0 Å². The van der Waals surface area contributed by atoms with E-state index in [9.17, 15) is 9.59 Å². The molecule has 5 nitrogen and oxygen atoms in total. The first kappa shape index (κ1) is 13.8. The molecule has 1 fully saturated rings. The van der Waals surface area contributed by atoms with Crippen LogP contribution < -0.4 is 10.6 Å². The minimum Gasteiger partial charge on any atom is -0.481 e. The summed E-state index contributed by atoms with van der Waals surface area (Å²) in [6.07, 6.45) is 2.67. The average molecular weight is 242 g/mol. The molecule has 0 bridgehead atoms. The van der Waals surface area contributed by atoms with Gasteiger partial charge in [0.05, 0.1) is 6.42 Å². The van der Waals surface area contributed by atoms with Crippen molar-refractivity contribution in [3.63, 3.8) is 0 Å². The number of carboxylic acid groups (broad SMARTS) is 1. The number of hydrogen-bond acceptors (Lipinski definition) is 2. The van der Waals surface area contributed by atoms with E-state index in [1.807, 2.05) is 20.8 Å². The smallest absolute Gasteiger partial charge is 0.315 e. The van der Waals surface area contributed by atoms with Gasteiger partial charge in [-0.2, -0.15) is 0 Å². The van der Waals surface area contributed by atoms with Crippen LogP contribution in [0.4, 0.5) is 4.79 Å². The van der Waals surface area contributed by atoms with Crippen molar-refractivity contribution in [2.45, 2.75) is 58.5 Å². The molecule has 0 aromatic rings. The average Bonchev–Trinajstić information content (AvgIpc) is 2.82. The number of urea groups is 1. The summed E-state index contributed by atoms with van der Waals surface area (Å²) in [5.41, 5.74) is -0.00697. The second-order valence-electron chi connectivity index (χ2n) is 5.95. The molecule has 1 aliphatic carbocycles. The predicted molar refractivity (Wildman–Crippen MR) is 64.8 cm³/mol. The van der Waals surface area contributed by atoms with E-state index < -0.39 is 5.97 Å². The Morgan fingerprint density at radius 1 is 1.35 bits per heavy atom. The van der Waals surface area contributed by atoms with Crippen LogP contribution in [-0.2, 0) is 4.79 Å². The second-order valence-corrected chi connectivity index (χ2v) is 5.95. The van der Waals surface area contributed by atoms with Crippen LogP contribution in [0.3, 0.4) is 0 Å². The van der Waals surface area contributed by atoms with E-state index in [0.29, 0.717) is 6.42 Å². The summed E-state index contributed by atoms with van der Waals surface area (Å²) in [4.78, 5) is 22.3. The molecule has 2 amide bonds. The predicted octanol–water partition coefficient (Wildman–Crippen LogP) is 1.73. The molecule has 1 unspecified atom stereocenters. The Kier molecular flexibility index (Phi) is 4.37. The summed E-state index contributed by atoms with van der Waals surface area (Å²) in [5, 5.41) is 14.4. The Morgan fingerprint density at radius 3 is 2.35 bits per heavy atom. The molecule has 5 heteroatoms. The lowest BCUT2D eigenvalue weighted by atomic mass is 9.87. The van der Waals surface area contributed by atoms with Crippen molar-refractivity contribution < 1.29 is 14.7 Å². The number of amides is 2. The van der Waals surface area contributed by atoms with Crippen molar-refractivity contribution in [2.24, 2.45) is 5.41 Å². The van der Waals surface area contributed by atoms with E-state index >= 15 is 0 Å². The molecule has 0 aliphatic heterocycles. The molecule has 0 aromatic heterocycles. The summed E-state index contributed by atoms with van der Waals surface area (Å²) in [5.74, 6) is -0.883. The van der Waals surface area contributed by atoms with Crippen LogP contribution in [0.5, 0.6) is 0 Å². The van der Waals surface area contributed by atoms with Gasteiger partial charge in [0.2, 0.25) is 0 Å². The Morgan fingerprint density at radius 2 is 1.94 bits per heavy atom. The monoisotopic (exact) mass is 242 g/mol. The largest absolute Gasteiger partial charge is 0.481 e. The first-order chi connectivity index (χ1) is 7.76. The minimum atomic E-state index is -0.883. The van der Waals surface area contributed by atoms with Gasteiger partial charge in [-0.3, -0.25) is 4.79 Å². The lowest BCUT2D eigenvalue weighted by molar-refractivity contribution is -0.137. The molecular formula is C12H22N2O3. The highest BCUT2D eigenvalue weighted by atomic mass is 16.4. The lowest BCUT2D eigenvalue weighted by Gasteiger charge is -2.25. The molecule has 1 atom stereocenters. The van der Waals surface area contributed by atoms with Crippen molar-refractivity contribution >= 4 is 12.0 Å². The van der Waals surface area contributed by atoms with Crippen LogP contribution in [0.2, 0.25) is 0 Å². The number of rotatable bonds is 5. The van der Waals surface area contributed by atoms with E-state index in [2.05, 4.69) is 10.6 Å². The molecule has 3 N–H and O–H groups in total. The van der Waals surface area contributed by atoms with E-state index in [4.69, 9.17) is 5.11 Å². The van der Waals surface area contributed by atoms with Crippen molar-refractivity contribution in [1.82, 2.24) is 10.6 Å². The molecular weight excluding hydrogens is 220 g/mol. The lowest BCUT2D eigenvalue weighted by Crippen LogP contribution is -2.45. The van der Waals surface area contributed by atoms with Gasteiger partial charge in [0, 0.05) is 12.1 Å². The van der Waals surface area contributed by atoms with Crippen LogP contribution in [0.25, 0.3) is 0 Å². The summed E-state index contributed by atoms with van der Waals surface area (Å²) < 4.78 is 0. The Hall–Kier alpha value is -1.26. The summed E-state index contributed by atoms with van der Waals surface area (Å²) in [6, 6.07) is -0.274. The molecule has 0 saturated heterocycles. The van der Waals surface area contributed by atoms with Crippen molar-refractivity contribution in [3.05, 3.63) is 0 Å². The molecule has 17 heavy (non-hydrogen) atoms. The SMILES string of the molecule is CC(C)(C)CC(CC(=O)O)NC(=O)NC1CC1. The zero-order valence-electron chi connectivity index (χ0n) is 10.7. The van der Waals surface area contributed by atoms with Crippen molar-refractivity contribution in [1.29, 1.82) is 0 Å². The van der Waals surface area contributed by atoms with Gasteiger partial charge in [-0.15, -0.1) is 0 Å². The second kappa shape index (κ2) is 5.38. The van der Waals surface area contributed by atoms with E-state index in [1.165, 1.54) is 0 Å². The zero-order valence-corrected chi connectivity index (χ0v) is 10.7. The highest BCUT2D eigenvalue weighted by Gasteiger charge is 2.26. The topological polar surface area (TPSA) is 78.4 Å². The third kappa shape index (κ3) is 6.81. The Labute approximate surface area is 102 Å². The fourth-order valence-electron chi connectivity index (χ4n) is 1.76. The maximum absolute atomic E-state index is 11.6. The maximum atomic E-state index is 11.6. The molecule has 0 aromatic carbocycles. The van der Waals surface area contributed by atoms with Gasteiger partial charge < -0.3 is 15.7 Å². The number of carbonyl (C=O) groups excluding carboxylic acids is 1. The number of carboxylic acids is 1. The highest BCUT2D eigenvalue weighted by molar-refractivity contribution is 5.76. The molecule has 0 radical (unpaired) electrons. The summed E-state index contributed by atoms with van der Waals surface area (Å²) in [6.45, 7) is 6.09. The maximum Gasteiger partial charge on any atom is 0.315 e. The van der Waals surface area contributed by atoms with Crippen molar-refractivity contribution in [3.8, 4) is 0 Å². The third-order valence-electron chi connectivity index (χ3n) is 2.53. The van der Waals surface area contributed by atoms with Crippen LogP contribution in [0, 0.1) is 5.41 Å². The zero-order chi connectivity index (χ0) is 13.1. The van der Waals surface area contributed by atoms with Crippen molar-refractivity contribution in [2.75, 3.05) is 0 Å². The summed E-state index contributed by atoms with van der Waals surface area (Å²) in [7, 11) is 0. The van der Waals surface area contributed by atoms with Gasteiger partial charge in [-0.25, -0.2) is 4.79 Å². The summed E-state index contributed by atoms with van der Waals surface area (Å²) >= 11 is 0.